The first-order valence-electron chi connectivity index (χ1n) is 10.6. The van der Waals surface area contributed by atoms with Crippen LogP contribution in [0, 0.1) is 17.3 Å². The fourth-order valence-electron chi connectivity index (χ4n) is 6.18. The number of hydrogen-bond donors (Lipinski definition) is 1. The highest BCUT2D eigenvalue weighted by atomic mass is 16.5. The standard InChI is InChI=1S/C25H28O3/c1-25-12-11-20-19-10-8-18(28-15-16-5-3-2-4-6-16)13-17(19)7-9-21(20)22(25)14-23(26)24(25)27/h2-6,8,10,13,20-23,26H,7,9,11-12,14-15H2,1H3/t20-,21-,22+,23-,25+/m0/s1. The molecule has 0 saturated heterocycles. The number of carbonyl (C=O) groups is 1. The summed E-state index contributed by atoms with van der Waals surface area (Å²) >= 11 is 0. The van der Waals surface area contributed by atoms with Gasteiger partial charge in [-0.15, -0.1) is 0 Å². The maximum absolute atomic E-state index is 12.5. The maximum atomic E-state index is 12.5. The average Bonchev–Trinajstić information content (AvgIpc) is 2.96. The monoisotopic (exact) mass is 376 g/mol. The van der Waals surface area contributed by atoms with Crippen molar-refractivity contribution < 1.29 is 14.6 Å². The van der Waals surface area contributed by atoms with Crippen LogP contribution >= 0.6 is 0 Å². The van der Waals surface area contributed by atoms with Crippen LogP contribution in [-0.2, 0) is 17.8 Å². The SMILES string of the molecule is C[C@@]12CC[C@H]3c4ccc(OCc5ccccc5)cc4CC[C@@H]3[C@H]1C[C@H](O)C2=O. The molecule has 5 rings (SSSR count). The van der Waals surface area contributed by atoms with E-state index in [4.69, 9.17) is 4.74 Å². The number of fused-ring (bicyclic) bond motifs is 5. The molecule has 28 heavy (non-hydrogen) atoms. The summed E-state index contributed by atoms with van der Waals surface area (Å²) in [6.45, 7) is 2.69. The molecule has 5 atom stereocenters. The summed E-state index contributed by atoms with van der Waals surface area (Å²) in [6.07, 6.45) is 4.01. The summed E-state index contributed by atoms with van der Waals surface area (Å²) in [5, 5.41) is 10.2. The van der Waals surface area contributed by atoms with Gasteiger partial charge in [0, 0.05) is 5.41 Å². The van der Waals surface area contributed by atoms with Crippen molar-refractivity contribution in [3.63, 3.8) is 0 Å². The van der Waals surface area contributed by atoms with Crippen LogP contribution in [0.3, 0.4) is 0 Å². The van der Waals surface area contributed by atoms with Crippen molar-refractivity contribution in [2.75, 3.05) is 0 Å². The van der Waals surface area contributed by atoms with Gasteiger partial charge in [-0.2, -0.15) is 0 Å². The van der Waals surface area contributed by atoms with Crippen LogP contribution in [-0.4, -0.2) is 17.0 Å². The number of rotatable bonds is 3. The molecular weight excluding hydrogens is 348 g/mol. The van der Waals surface area contributed by atoms with Gasteiger partial charge in [-0.3, -0.25) is 4.79 Å². The number of hydrogen-bond acceptors (Lipinski definition) is 3. The first-order valence-corrected chi connectivity index (χ1v) is 10.6. The van der Waals surface area contributed by atoms with Crippen molar-refractivity contribution in [3.05, 3.63) is 65.2 Å². The van der Waals surface area contributed by atoms with Gasteiger partial charge in [-0.05, 0) is 78.7 Å². The minimum Gasteiger partial charge on any atom is -0.489 e. The Labute approximate surface area is 166 Å². The maximum Gasteiger partial charge on any atom is 0.167 e. The zero-order valence-corrected chi connectivity index (χ0v) is 16.4. The van der Waals surface area contributed by atoms with E-state index in [1.54, 1.807) is 0 Å². The molecule has 0 amide bonds. The second-order valence-corrected chi connectivity index (χ2v) is 9.12. The van der Waals surface area contributed by atoms with Crippen LogP contribution in [0.4, 0.5) is 0 Å². The van der Waals surface area contributed by atoms with Gasteiger partial charge in [0.05, 0.1) is 0 Å². The molecule has 2 aromatic carbocycles. The number of aliphatic hydroxyl groups is 1. The predicted octanol–water partition coefficient (Wildman–Crippen LogP) is 4.66. The van der Waals surface area contributed by atoms with Crippen molar-refractivity contribution in [2.24, 2.45) is 17.3 Å². The number of carbonyl (C=O) groups excluding carboxylic acids is 1. The highest BCUT2D eigenvalue weighted by Crippen LogP contribution is 2.59. The van der Waals surface area contributed by atoms with Crippen molar-refractivity contribution >= 4 is 5.78 Å². The Balaban J connectivity index is 1.36. The van der Waals surface area contributed by atoms with E-state index in [-0.39, 0.29) is 11.2 Å². The molecule has 3 aliphatic rings. The molecule has 3 nitrogen and oxygen atoms in total. The third-order valence-corrected chi connectivity index (χ3v) is 7.68. The van der Waals surface area contributed by atoms with Gasteiger partial charge in [-0.1, -0.05) is 43.3 Å². The van der Waals surface area contributed by atoms with Crippen molar-refractivity contribution in [3.8, 4) is 5.75 Å². The highest BCUT2D eigenvalue weighted by molar-refractivity contribution is 5.91. The Bertz CT molecular complexity index is 890. The first-order chi connectivity index (χ1) is 13.6. The van der Waals surface area contributed by atoms with Crippen molar-refractivity contribution in [2.45, 2.75) is 57.7 Å². The van der Waals surface area contributed by atoms with E-state index in [0.29, 0.717) is 30.8 Å². The van der Waals surface area contributed by atoms with Gasteiger partial charge in [-0.25, -0.2) is 0 Å². The Hall–Kier alpha value is -2.13. The lowest BCUT2D eigenvalue weighted by atomic mass is 9.55. The van der Waals surface area contributed by atoms with Crippen molar-refractivity contribution in [1.29, 1.82) is 0 Å². The number of aryl methyl sites for hydroxylation is 1. The van der Waals surface area contributed by atoms with Crippen LogP contribution in [0.5, 0.6) is 5.75 Å². The lowest BCUT2D eigenvalue weighted by Gasteiger charge is -2.48. The van der Waals surface area contributed by atoms with E-state index in [1.807, 2.05) is 18.2 Å². The molecule has 0 aliphatic heterocycles. The fourth-order valence-corrected chi connectivity index (χ4v) is 6.18. The lowest BCUT2D eigenvalue weighted by Crippen LogP contribution is -2.42. The van der Waals surface area contributed by atoms with E-state index < -0.39 is 6.10 Å². The Morgan fingerprint density at radius 1 is 1.14 bits per heavy atom. The molecule has 2 aromatic rings. The second kappa shape index (κ2) is 6.73. The van der Waals surface area contributed by atoms with Gasteiger partial charge >= 0.3 is 0 Å². The lowest BCUT2D eigenvalue weighted by molar-refractivity contribution is -0.134. The van der Waals surface area contributed by atoms with Crippen LogP contribution in [0.15, 0.2) is 48.5 Å². The number of ketones is 1. The third kappa shape index (κ3) is 2.79. The van der Waals surface area contributed by atoms with Gasteiger partial charge < -0.3 is 9.84 Å². The van der Waals surface area contributed by atoms with E-state index in [9.17, 15) is 9.90 Å². The summed E-state index contributed by atoms with van der Waals surface area (Å²) in [4.78, 5) is 12.5. The van der Waals surface area contributed by atoms with Crippen molar-refractivity contribution in [1.82, 2.24) is 0 Å². The number of benzene rings is 2. The largest absolute Gasteiger partial charge is 0.489 e. The van der Waals surface area contributed by atoms with E-state index in [1.165, 1.54) is 16.7 Å². The Morgan fingerprint density at radius 3 is 2.79 bits per heavy atom. The molecule has 0 aromatic heterocycles. The highest BCUT2D eigenvalue weighted by Gasteiger charge is 2.57. The normalized spacial score (nSPS) is 33.7. The number of ether oxygens (including phenoxy) is 1. The molecular formula is C25H28O3. The Kier molecular flexibility index (Phi) is 4.31. The van der Waals surface area contributed by atoms with Gasteiger partial charge in [0.25, 0.3) is 0 Å². The molecule has 0 unspecified atom stereocenters. The molecule has 3 aliphatic carbocycles. The number of Topliss-reactive ketones (excluding diaryl/α,β-unsaturated/α-hetero) is 1. The zero-order chi connectivity index (χ0) is 19.3. The molecule has 2 saturated carbocycles. The molecule has 1 N–H and O–H groups in total. The van der Waals surface area contributed by atoms with Gasteiger partial charge in [0.1, 0.15) is 18.5 Å². The summed E-state index contributed by atoms with van der Waals surface area (Å²) < 4.78 is 6.03. The smallest absolute Gasteiger partial charge is 0.167 e. The van der Waals surface area contributed by atoms with E-state index in [0.717, 1.165) is 31.4 Å². The quantitative estimate of drug-likeness (QED) is 0.847. The molecule has 0 radical (unpaired) electrons. The average molecular weight is 376 g/mol. The zero-order valence-electron chi connectivity index (χ0n) is 16.4. The topological polar surface area (TPSA) is 46.5 Å². The molecule has 0 bridgehead atoms. The van der Waals surface area contributed by atoms with Crippen LogP contribution in [0.25, 0.3) is 0 Å². The number of aliphatic hydroxyl groups excluding tert-OH is 1. The van der Waals surface area contributed by atoms with Crippen LogP contribution in [0.1, 0.15) is 55.2 Å². The minimum absolute atomic E-state index is 0.0893. The van der Waals surface area contributed by atoms with Crippen LogP contribution < -0.4 is 4.74 Å². The third-order valence-electron chi connectivity index (χ3n) is 7.68. The first kappa shape index (κ1) is 17.9. The summed E-state index contributed by atoms with van der Waals surface area (Å²) in [7, 11) is 0. The van der Waals surface area contributed by atoms with E-state index in [2.05, 4.69) is 37.3 Å². The molecule has 2 fully saturated rings. The molecule has 0 spiro atoms. The molecule has 0 heterocycles. The summed E-state index contributed by atoms with van der Waals surface area (Å²) in [5.74, 6) is 2.39. The molecule has 3 heteroatoms. The van der Waals surface area contributed by atoms with E-state index >= 15 is 0 Å². The molecule has 146 valence electrons. The van der Waals surface area contributed by atoms with Gasteiger partial charge in [0.15, 0.2) is 5.78 Å². The predicted molar refractivity (Wildman–Crippen MR) is 108 cm³/mol. The minimum atomic E-state index is -0.746. The summed E-state index contributed by atoms with van der Waals surface area (Å²) in [6, 6.07) is 16.8. The van der Waals surface area contributed by atoms with Crippen LogP contribution in [0.2, 0.25) is 0 Å². The Morgan fingerprint density at radius 2 is 1.96 bits per heavy atom. The fraction of sp³-hybridized carbons (Fsp3) is 0.480. The second-order valence-electron chi connectivity index (χ2n) is 9.12. The van der Waals surface area contributed by atoms with Gasteiger partial charge in [0.2, 0.25) is 0 Å². The summed E-state index contributed by atoms with van der Waals surface area (Å²) in [5.41, 5.74) is 3.72.